The number of pyridine rings is 1. The highest BCUT2D eigenvalue weighted by molar-refractivity contribution is 5.60. The van der Waals surface area contributed by atoms with Gasteiger partial charge >= 0.3 is 5.69 Å². The van der Waals surface area contributed by atoms with E-state index in [9.17, 15) is 10.1 Å². The molecule has 0 aliphatic heterocycles. The summed E-state index contributed by atoms with van der Waals surface area (Å²) < 4.78 is 4.84. The van der Waals surface area contributed by atoms with Gasteiger partial charge in [-0.2, -0.15) is 4.98 Å². The lowest BCUT2D eigenvalue weighted by molar-refractivity contribution is -0.384. The third-order valence-corrected chi connectivity index (χ3v) is 2.47. The van der Waals surface area contributed by atoms with Crippen molar-refractivity contribution in [3.05, 3.63) is 34.5 Å². The van der Waals surface area contributed by atoms with E-state index >= 15 is 0 Å². The Morgan fingerprint density at radius 1 is 1.40 bits per heavy atom. The Kier molecular flexibility index (Phi) is 4.43. The first kappa shape index (κ1) is 13.7. The number of hydrogen-bond donors (Lipinski definition) is 2. The molecule has 2 aromatic rings. The minimum Gasteiger partial charge on any atom is -0.370 e. The van der Waals surface area contributed by atoms with Crippen LogP contribution in [0.3, 0.4) is 0 Å². The molecule has 2 N–H and O–H groups in total. The highest BCUT2D eigenvalue weighted by Gasteiger charge is 2.15. The average molecular weight is 278 g/mol. The monoisotopic (exact) mass is 278 g/mol. The summed E-state index contributed by atoms with van der Waals surface area (Å²) in [5.74, 6) is 1.26. The Hall–Kier alpha value is -2.71. The summed E-state index contributed by atoms with van der Waals surface area (Å²) in [4.78, 5) is 18.5. The van der Waals surface area contributed by atoms with Crippen LogP contribution in [0.2, 0.25) is 0 Å². The van der Waals surface area contributed by atoms with E-state index in [1.807, 2.05) is 6.92 Å². The molecule has 9 nitrogen and oxygen atoms in total. The third-order valence-electron chi connectivity index (χ3n) is 2.47. The van der Waals surface area contributed by atoms with E-state index in [-0.39, 0.29) is 11.5 Å². The van der Waals surface area contributed by atoms with Gasteiger partial charge in [-0.25, -0.2) is 4.98 Å². The Morgan fingerprint density at radius 3 is 2.90 bits per heavy atom. The molecule has 106 valence electrons. The van der Waals surface area contributed by atoms with Crippen molar-refractivity contribution in [3.8, 4) is 0 Å². The van der Waals surface area contributed by atoms with E-state index < -0.39 is 4.92 Å². The molecule has 0 fully saturated rings. The maximum atomic E-state index is 10.9. The largest absolute Gasteiger partial charge is 0.370 e. The second-order valence-electron chi connectivity index (χ2n) is 3.86. The van der Waals surface area contributed by atoms with Gasteiger partial charge in [-0.15, -0.1) is 0 Å². The zero-order valence-electron chi connectivity index (χ0n) is 10.9. The highest BCUT2D eigenvalue weighted by atomic mass is 16.6. The highest BCUT2D eigenvalue weighted by Crippen LogP contribution is 2.23. The van der Waals surface area contributed by atoms with Gasteiger partial charge in [0.2, 0.25) is 11.7 Å². The summed E-state index contributed by atoms with van der Waals surface area (Å²) >= 11 is 0. The number of rotatable bonds is 7. The molecule has 2 rings (SSSR count). The molecule has 9 heteroatoms. The Bertz CT molecular complexity index is 572. The lowest BCUT2D eigenvalue weighted by Gasteiger charge is -2.07. The number of nitro groups is 1. The topological polar surface area (TPSA) is 119 Å². The predicted molar refractivity (Wildman–Crippen MR) is 71.5 cm³/mol. The van der Waals surface area contributed by atoms with Gasteiger partial charge in [0.1, 0.15) is 5.82 Å². The van der Waals surface area contributed by atoms with Crippen LogP contribution in [0.1, 0.15) is 12.8 Å². The van der Waals surface area contributed by atoms with Gasteiger partial charge in [-0.05, 0) is 13.0 Å². The Balaban J connectivity index is 2.06. The molecule has 0 bridgehead atoms. The van der Waals surface area contributed by atoms with Crippen molar-refractivity contribution in [1.82, 2.24) is 15.1 Å². The molecule has 0 saturated heterocycles. The minimum atomic E-state index is -0.474. The molecule has 0 saturated carbocycles. The first-order valence-electron chi connectivity index (χ1n) is 6.09. The summed E-state index contributed by atoms with van der Waals surface area (Å²) in [6.07, 6.45) is 1.77. The van der Waals surface area contributed by atoms with Crippen LogP contribution in [-0.4, -0.2) is 33.1 Å². The van der Waals surface area contributed by atoms with E-state index in [0.29, 0.717) is 31.2 Å². The molecule has 2 aromatic heterocycles. The fraction of sp³-hybridized carbons (Fsp3) is 0.364. The van der Waals surface area contributed by atoms with Crippen LogP contribution in [0.5, 0.6) is 0 Å². The zero-order chi connectivity index (χ0) is 14.4. The molecular formula is C11H14N6O3. The first-order chi connectivity index (χ1) is 9.70. The van der Waals surface area contributed by atoms with Gasteiger partial charge in [0.15, 0.2) is 6.33 Å². The molecule has 2 heterocycles. The number of hydrogen-bond acceptors (Lipinski definition) is 8. The second kappa shape index (κ2) is 6.45. The van der Waals surface area contributed by atoms with Gasteiger partial charge in [0, 0.05) is 25.6 Å². The fourth-order valence-corrected chi connectivity index (χ4v) is 1.60. The SMILES string of the molecule is CCNc1ccc([N+](=O)[O-])c(NCCc2ncno2)n1. The summed E-state index contributed by atoms with van der Waals surface area (Å²) in [5, 5.41) is 20.3. The van der Waals surface area contributed by atoms with E-state index in [4.69, 9.17) is 4.52 Å². The summed E-state index contributed by atoms with van der Waals surface area (Å²) in [6.45, 7) is 3.02. The van der Waals surface area contributed by atoms with Crippen LogP contribution < -0.4 is 10.6 Å². The van der Waals surface area contributed by atoms with Crippen molar-refractivity contribution < 1.29 is 9.45 Å². The minimum absolute atomic E-state index is 0.0721. The maximum Gasteiger partial charge on any atom is 0.311 e. The van der Waals surface area contributed by atoms with Crippen molar-refractivity contribution in [2.24, 2.45) is 0 Å². The van der Waals surface area contributed by atoms with Gasteiger partial charge in [-0.3, -0.25) is 10.1 Å². The van der Waals surface area contributed by atoms with E-state index in [1.165, 1.54) is 12.4 Å². The van der Waals surface area contributed by atoms with Crippen molar-refractivity contribution in [2.75, 3.05) is 23.7 Å². The summed E-state index contributed by atoms with van der Waals surface area (Å²) in [5.41, 5.74) is -0.0721. The van der Waals surface area contributed by atoms with Crippen LogP contribution in [0, 0.1) is 10.1 Å². The smallest absolute Gasteiger partial charge is 0.311 e. The van der Waals surface area contributed by atoms with Crippen LogP contribution >= 0.6 is 0 Å². The van der Waals surface area contributed by atoms with Crippen LogP contribution in [0.25, 0.3) is 0 Å². The lowest BCUT2D eigenvalue weighted by Crippen LogP contribution is -2.10. The molecule has 0 aliphatic carbocycles. The van der Waals surface area contributed by atoms with Crippen molar-refractivity contribution >= 4 is 17.3 Å². The number of anilines is 2. The molecule has 0 spiro atoms. The van der Waals surface area contributed by atoms with Crippen molar-refractivity contribution in [1.29, 1.82) is 0 Å². The Labute approximate surface area is 114 Å². The molecule has 0 radical (unpaired) electrons. The maximum absolute atomic E-state index is 10.9. The molecule has 0 amide bonds. The van der Waals surface area contributed by atoms with Crippen LogP contribution in [-0.2, 0) is 6.42 Å². The number of nitrogens with zero attached hydrogens (tertiary/aromatic N) is 4. The van der Waals surface area contributed by atoms with E-state index in [2.05, 4.69) is 25.8 Å². The number of nitrogens with one attached hydrogen (secondary N) is 2. The van der Waals surface area contributed by atoms with Gasteiger partial charge in [0.25, 0.3) is 0 Å². The Morgan fingerprint density at radius 2 is 2.25 bits per heavy atom. The zero-order valence-corrected chi connectivity index (χ0v) is 10.9. The summed E-state index contributed by atoms with van der Waals surface area (Å²) in [7, 11) is 0. The molecule has 20 heavy (non-hydrogen) atoms. The predicted octanol–water partition coefficient (Wildman–Crippen LogP) is 1.46. The van der Waals surface area contributed by atoms with E-state index in [0.717, 1.165) is 0 Å². The lowest BCUT2D eigenvalue weighted by atomic mass is 10.3. The van der Waals surface area contributed by atoms with Gasteiger partial charge < -0.3 is 15.2 Å². The van der Waals surface area contributed by atoms with Gasteiger partial charge in [-0.1, -0.05) is 5.16 Å². The van der Waals surface area contributed by atoms with Crippen LogP contribution in [0.15, 0.2) is 23.0 Å². The van der Waals surface area contributed by atoms with Crippen molar-refractivity contribution in [3.63, 3.8) is 0 Å². The number of aromatic nitrogens is 3. The first-order valence-corrected chi connectivity index (χ1v) is 6.09. The average Bonchev–Trinajstić information content (AvgIpc) is 2.92. The molecule has 0 unspecified atom stereocenters. The van der Waals surface area contributed by atoms with E-state index in [1.54, 1.807) is 6.07 Å². The fourth-order valence-electron chi connectivity index (χ4n) is 1.60. The van der Waals surface area contributed by atoms with Crippen LogP contribution in [0.4, 0.5) is 17.3 Å². The molecular weight excluding hydrogens is 264 g/mol. The second-order valence-corrected chi connectivity index (χ2v) is 3.86. The summed E-state index contributed by atoms with van der Waals surface area (Å²) in [6, 6.07) is 2.99. The standard InChI is InChI=1S/C11H14N6O3/c1-2-12-9-4-3-8(17(18)19)11(16-9)13-6-5-10-14-7-15-20-10/h3-4,7H,2,5-6H2,1H3,(H2,12,13,16). The molecule has 0 aromatic carbocycles. The van der Waals surface area contributed by atoms with Crippen molar-refractivity contribution in [2.45, 2.75) is 13.3 Å². The quantitative estimate of drug-likeness (QED) is 0.577. The van der Waals surface area contributed by atoms with Gasteiger partial charge in [0.05, 0.1) is 4.92 Å². The third kappa shape index (κ3) is 3.40. The molecule has 0 aliphatic rings. The molecule has 0 atom stereocenters. The normalized spacial score (nSPS) is 10.2.